The predicted octanol–water partition coefficient (Wildman–Crippen LogP) is 3.03. The third kappa shape index (κ3) is 5.02. The standard InChI is InChI=1S/C19H36N2O2/c1-5-6-9-22-13-17-12-21(8-7-20)19(23-17)18-15(3)10-14(2)11-16(18)4/h10,15-19H,5-9,11-13,20H2,1-4H3/t15-,16+,17?,18?,19?/m1/s1. The summed E-state index contributed by atoms with van der Waals surface area (Å²) in [5.74, 6) is 1.76. The van der Waals surface area contributed by atoms with Crippen molar-refractivity contribution in [3.8, 4) is 0 Å². The van der Waals surface area contributed by atoms with Crippen LogP contribution in [0.4, 0.5) is 0 Å². The Kier molecular flexibility index (Phi) is 7.54. The molecule has 0 aromatic carbocycles. The van der Waals surface area contributed by atoms with Crippen molar-refractivity contribution in [3.05, 3.63) is 11.6 Å². The zero-order chi connectivity index (χ0) is 16.8. The topological polar surface area (TPSA) is 47.7 Å². The summed E-state index contributed by atoms with van der Waals surface area (Å²) in [6.07, 6.45) is 6.30. The average molecular weight is 325 g/mol. The lowest BCUT2D eigenvalue weighted by Gasteiger charge is -2.39. The maximum atomic E-state index is 6.44. The number of hydrogen-bond donors (Lipinski definition) is 1. The third-order valence-corrected chi connectivity index (χ3v) is 5.28. The molecule has 1 fully saturated rings. The molecule has 23 heavy (non-hydrogen) atoms. The van der Waals surface area contributed by atoms with E-state index in [-0.39, 0.29) is 12.3 Å². The van der Waals surface area contributed by atoms with Crippen LogP contribution in [0.2, 0.25) is 0 Å². The summed E-state index contributed by atoms with van der Waals surface area (Å²) in [6.45, 7) is 13.2. The molecule has 1 heterocycles. The van der Waals surface area contributed by atoms with E-state index in [1.165, 1.54) is 18.4 Å². The second-order valence-electron chi connectivity index (χ2n) is 7.49. The summed E-state index contributed by atoms with van der Waals surface area (Å²) in [5, 5.41) is 0. The SMILES string of the molecule is CCCCOCC1CN(CCN)C(C2[C@H](C)C=C(C)C[C@@H]2C)O1. The van der Waals surface area contributed by atoms with Crippen LogP contribution in [0.15, 0.2) is 11.6 Å². The zero-order valence-corrected chi connectivity index (χ0v) is 15.5. The summed E-state index contributed by atoms with van der Waals surface area (Å²) in [5.41, 5.74) is 7.35. The van der Waals surface area contributed by atoms with Gasteiger partial charge in [-0.25, -0.2) is 0 Å². The van der Waals surface area contributed by atoms with Crippen molar-refractivity contribution in [2.24, 2.45) is 23.5 Å². The molecule has 3 unspecified atom stereocenters. The van der Waals surface area contributed by atoms with E-state index in [2.05, 4.69) is 38.7 Å². The Balaban J connectivity index is 1.97. The molecule has 0 radical (unpaired) electrons. The highest BCUT2D eigenvalue weighted by Crippen LogP contribution is 2.39. The molecule has 0 saturated carbocycles. The van der Waals surface area contributed by atoms with Crippen molar-refractivity contribution in [1.29, 1.82) is 0 Å². The summed E-state index contributed by atoms with van der Waals surface area (Å²) in [4.78, 5) is 2.44. The van der Waals surface area contributed by atoms with Gasteiger partial charge in [-0.05, 0) is 31.6 Å². The Morgan fingerprint density at radius 1 is 1.39 bits per heavy atom. The van der Waals surface area contributed by atoms with Crippen LogP contribution in [0.1, 0.15) is 47.0 Å². The van der Waals surface area contributed by atoms with Gasteiger partial charge in [-0.3, -0.25) is 4.90 Å². The number of nitrogens with zero attached hydrogens (tertiary/aromatic N) is 1. The summed E-state index contributed by atoms with van der Waals surface area (Å²) in [7, 11) is 0. The highest BCUT2D eigenvalue weighted by atomic mass is 16.6. The molecule has 1 aliphatic heterocycles. The number of unbranched alkanes of at least 4 members (excludes halogenated alkanes) is 1. The van der Waals surface area contributed by atoms with Crippen LogP contribution in [0, 0.1) is 17.8 Å². The van der Waals surface area contributed by atoms with Gasteiger partial charge in [0.15, 0.2) is 0 Å². The van der Waals surface area contributed by atoms with E-state index in [9.17, 15) is 0 Å². The largest absolute Gasteiger partial charge is 0.379 e. The van der Waals surface area contributed by atoms with E-state index in [0.717, 1.165) is 26.1 Å². The number of nitrogens with two attached hydrogens (primary N) is 1. The van der Waals surface area contributed by atoms with E-state index in [1.807, 2.05) is 0 Å². The summed E-state index contributed by atoms with van der Waals surface area (Å²) < 4.78 is 12.2. The first-order valence-electron chi connectivity index (χ1n) is 9.41. The Morgan fingerprint density at radius 3 is 2.83 bits per heavy atom. The Bertz CT molecular complexity index is 386. The lowest BCUT2D eigenvalue weighted by atomic mass is 9.74. The highest BCUT2D eigenvalue weighted by Gasteiger charge is 2.42. The van der Waals surface area contributed by atoms with Gasteiger partial charge in [0.05, 0.1) is 12.7 Å². The lowest BCUT2D eigenvalue weighted by molar-refractivity contribution is -0.0835. The van der Waals surface area contributed by atoms with Crippen LogP contribution < -0.4 is 5.73 Å². The van der Waals surface area contributed by atoms with Crippen LogP contribution >= 0.6 is 0 Å². The number of rotatable bonds is 8. The van der Waals surface area contributed by atoms with Crippen LogP contribution in [-0.4, -0.2) is 50.1 Å². The molecule has 0 aromatic heterocycles. The molecule has 1 aliphatic carbocycles. The zero-order valence-electron chi connectivity index (χ0n) is 15.5. The second-order valence-corrected chi connectivity index (χ2v) is 7.49. The minimum atomic E-state index is 0.188. The van der Waals surface area contributed by atoms with Crippen LogP contribution in [-0.2, 0) is 9.47 Å². The minimum absolute atomic E-state index is 0.188. The van der Waals surface area contributed by atoms with Crippen LogP contribution in [0.25, 0.3) is 0 Å². The molecular formula is C19H36N2O2. The van der Waals surface area contributed by atoms with Gasteiger partial charge >= 0.3 is 0 Å². The minimum Gasteiger partial charge on any atom is -0.379 e. The average Bonchev–Trinajstić information content (AvgIpc) is 2.86. The van der Waals surface area contributed by atoms with E-state index >= 15 is 0 Å². The van der Waals surface area contributed by atoms with E-state index in [4.69, 9.17) is 15.2 Å². The van der Waals surface area contributed by atoms with Gasteiger partial charge in [-0.15, -0.1) is 0 Å². The Labute approximate surface area is 142 Å². The van der Waals surface area contributed by atoms with E-state index < -0.39 is 0 Å². The van der Waals surface area contributed by atoms with Crippen molar-refractivity contribution in [2.45, 2.75) is 59.3 Å². The van der Waals surface area contributed by atoms with Gasteiger partial charge in [-0.1, -0.05) is 38.8 Å². The first-order valence-corrected chi connectivity index (χ1v) is 9.41. The van der Waals surface area contributed by atoms with Gasteiger partial charge in [-0.2, -0.15) is 0 Å². The van der Waals surface area contributed by atoms with Crippen molar-refractivity contribution in [3.63, 3.8) is 0 Å². The van der Waals surface area contributed by atoms with E-state index in [0.29, 0.717) is 30.9 Å². The number of allylic oxidation sites excluding steroid dienone is 2. The molecule has 0 spiro atoms. The maximum absolute atomic E-state index is 6.44. The molecule has 134 valence electrons. The van der Waals surface area contributed by atoms with Crippen molar-refractivity contribution < 1.29 is 9.47 Å². The van der Waals surface area contributed by atoms with Crippen molar-refractivity contribution in [1.82, 2.24) is 4.90 Å². The fraction of sp³-hybridized carbons (Fsp3) is 0.895. The quantitative estimate of drug-likeness (QED) is 0.551. The Hall–Kier alpha value is -0.420. The van der Waals surface area contributed by atoms with Gasteiger partial charge in [0.25, 0.3) is 0 Å². The fourth-order valence-electron chi connectivity index (χ4n) is 4.29. The maximum Gasteiger partial charge on any atom is 0.114 e. The molecule has 4 heteroatoms. The predicted molar refractivity (Wildman–Crippen MR) is 95.2 cm³/mol. The van der Waals surface area contributed by atoms with Crippen LogP contribution in [0.3, 0.4) is 0 Å². The normalized spacial score (nSPS) is 35.5. The molecule has 2 rings (SSSR count). The fourth-order valence-corrected chi connectivity index (χ4v) is 4.29. The molecule has 0 aromatic rings. The molecule has 2 aliphatic rings. The Morgan fingerprint density at radius 2 is 2.17 bits per heavy atom. The molecule has 1 saturated heterocycles. The molecular weight excluding hydrogens is 288 g/mol. The van der Waals surface area contributed by atoms with Crippen molar-refractivity contribution >= 4 is 0 Å². The smallest absolute Gasteiger partial charge is 0.114 e. The highest BCUT2D eigenvalue weighted by molar-refractivity contribution is 5.09. The molecule has 0 amide bonds. The third-order valence-electron chi connectivity index (χ3n) is 5.28. The molecule has 5 atom stereocenters. The molecule has 4 nitrogen and oxygen atoms in total. The number of ether oxygens (including phenoxy) is 2. The van der Waals surface area contributed by atoms with Crippen LogP contribution in [0.5, 0.6) is 0 Å². The van der Waals surface area contributed by atoms with Gasteiger partial charge in [0.2, 0.25) is 0 Å². The van der Waals surface area contributed by atoms with Gasteiger partial charge < -0.3 is 15.2 Å². The lowest BCUT2D eigenvalue weighted by Crippen LogP contribution is -2.44. The van der Waals surface area contributed by atoms with E-state index in [1.54, 1.807) is 0 Å². The van der Waals surface area contributed by atoms with Gasteiger partial charge in [0.1, 0.15) is 6.23 Å². The number of hydrogen-bond acceptors (Lipinski definition) is 4. The summed E-state index contributed by atoms with van der Waals surface area (Å²) in [6, 6.07) is 0. The molecule has 0 bridgehead atoms. The summed E-state index contributed by atoms with van der Waals surface area (Å²) >= 11 is 0. The monoisotopic (exact) mass is 324 g/mol. The second kappa shape index (κ2) is 9.16. The van der Waals surface area contributed by atoms with Crippen molar-refractivity contribution in [2.75, 3.05) is 32.8 Å². The first kappa shape index (κ1) is 18.9. The van der Waals surface area contributed by atoms with Gasteiger partial charge in [0, 0.05) is 32.2 Å². The molecule has 2 N–H and O–H groups in total. The first-order chi connectivity index (χ1) is 11.1.